The van der Waals surface area contributed by atoms with Crippen molar-refractivity contribution in [3.63, 3.8) is 0 Å². The number of hydrogen-bond acceptors (Lipinski definition) is 4. The minimum Gasteiger partial charge on any atom is -0.355 e. The average molecular weight is 321 g/mol. The van der Waals surface area contributed by atoms with Crippen LogP contribution in [0.15, 0.2) is 36.8 Å². The first-order valence-electron chi connectivity index (χ1n) is 6.87. The molecule has 3 rings (SSSR count). The Hall–Kier alpha value is -2.64. The molecule has 3 aromatic rings. The van der Waals surface area contributed by atoms with Crippen LogP contribution >= 0.6 is 0 Å². The quantitative estimate of drug-likeness (QED) is 0.744. The van der Waals surface area contributed by atoms with E-state index in [1.807, 2.05) is 0 Å². The molecule has 0 atom stereocenters. The normalized spacial score (nSPS) is 11.9. The molecule has 0 aliphatic carbocycles. The van der Waals surface area contributed by atoms with Gasteiger partial charge in [-0.15, -0.1) is 0 Å². The first-order chi connectivity index (χ1) is 10.9. The molecule has 120 valence electrons. The van der Waals surface area contributed by atoms with E-state index in [-0.39, 0.29) is 12.1 Å². The first kappa shape index (κ1) is 15.3. The van der Waals surface area contributed by atoms with Gasteiger partial charge >= 0.3 is 6.18 Å². The number of aryl methyl sites for hydroxylation is 1. The number of benzene rings is 1. The van der Waals surface area contributed by atoms with E-state index in [2.05, 4.69) is 15.1 Å². The Labute approximate surface area is 130 Å². The molecule has 5 nitrogen and oxygen atoms in total. The van der Waals surface area contributed by atoms with E-state index in [1.165, 1.54) is 18.5 Å². The number of hydrogen-bond donors (Lipinski definition) is 0. The molecular weight excluding hydrogens is 307 g/mol. The van der Waals surface area contributed by atoms with Crippen LogP contribution in [-0.2, 0) is 19.8 Å². The second kappa shape index (κ2) is 5.53. The van der Waals surface area contributed by atoms with Crippen LogP contribution in [0.1, 0.15) is 11.1 Å². The molecule has 0 spiro atoms. The van der Waals surface area contributed by atoms with E-state index in [9.17, 15) is 13.2 Å². The lowest BCUT2D eigenvalue weighted by atomic mass is 10.1. The molecule has 0 fully saturated rings. The van der Waals surface area contributed by atoms with Gasteiger partial charge in [-0.3, -0.25) is 4.68 Å². The number of alkyl halides is 3. The van der Waals surface area contributed by atoms with Crippen molar-refractivity contribution in [3.8, 4) is 0 Å². The van der Waals surface area contributed by atoms with E-state index in [0.29, 0.717) is 16.9 Å². The molecule has 0 aliphatic rings. The fourth-order valence-electron chi connectivity index (χ4n) is 2.52. The summed E-state index contributed by atoms with van der Waals surface area (Å²) in [4.78, 5) is 9.98. The van der Waals surface area contributed by atoms with Crippen molar-refractivity contribution >= 4 is 16.9 Å². The number of nitrogens with zero attached hydrogens (tertiary/aromatic N) is 5. The minimum absolute atomic E-state index is 0.0801. The van der Waals surface area contributed by atoms with Gasteiger partial charge in [0, 0.05) is 20.6 Å². The lowest BCUT2D eigenvalue weighted by molar-refractivity contribution is -0.138. The Bertz CT molecular complexity index is 840. The minimum atomic E-state index is -4.38. The maximum absolute atomic E-state index is 13.1. The van der Waals surface area contributed by atoms with Gasteiger partial charge in [0.25, 0.3) is 0 Å². The zero-order valence-corrected chi connectivity index (χ0v) is 12.5. The van der Waals surface area contributed by atoms with Crippen molar-refractivity contribution < 1.29 is 13.2 Å². The van der Waals surface area contributed by atoms with Gasteiger partial charge in [0.2, 0.25) is 0 Å². The monoisotopic (exact) mass is 321 g/mol. The van der Waals surface area contributed by atoms with Crippen molar-refractivity contribution in [1.29, 1.82) is 0 Å². The van der Waals surface area contributed by atoms with Gasteiger partial charge in [0.1, 0.15) is 12.1 Å². The molecule has 0 unspecified atom stereocenters. The molecule has 23 heavy (non-hydrogen) atoms. The van der Waals surface area contributed by atoms with Crippen molar-refractivity contribution in [1.82, 2.24) is 19.7 Å². The molecule has 1 aromatic carbocycles. The molecule has 2 aromatic heterocycles. The lowest BCUT2D eigenvalue weighted by Gasteiger charge is -2.21. The predicted molar refractivity (Wildman–Crippen MR) is 79.9 cm³/mol. The highest BCUT2D eigenvalue weighted by molar-refractivity contribution is 5.86. The van der Waals surface area contributed by atoms with Gasteiger partial charge in [-0.05, 0) is 11.6 Å². The average Bonchev–Trinajstić information content (AvgIpc) is 2.88. The first-order valence-corrected chi connectivity index (χ1v) is 6.87. The molecule has 0 saturated heterocycles. The number of aromatic nitrogens is 4. The van der Waals surface area contributed by atoms with Crippen LogP contribution in [0.5, 0.6) is 0 Å². The van der Waals surface area contributed by atoms with E-state index >= 15 is 0 Å². The number of rotatable bonds is 3. The Morgan fingerprint density at radius 3 is 2.65 bits per heavy atom. The molecule has 8 heteroatoms. The van der Waals surface area contributed by atoms with Crippen molar-refractivity contribution in [2.75, 3.05) is 11.9 Å². The zero-order valence-electron chi connectivity index (χ0n) is 12.5. The highest BCUT2D eigenvalue weighted by atomic mass is 19.4. The number of halogens is 3. The molecule has 0 amide bonds. The third kappa shape index (κ3) is 2.84. The fourth-order valence-corrected chi connectivity index (χ4v) is 2.52. The van der Waals surface area contributed by atoms with Crippen LogP contribution < -0.4 is 4.90 Å². The van der Waals surface area contributed by atoms with E-state index in [4.69, 9.17) is 0 Å². The summed E-state index contributed by atoms with van der Waals surface area (Å²) in [5, 5.41) is 4.81. The Morgan fingerprint density at radius 2 is 1.91 bits per heavy atom. The van der Waals surface area contributed by atoms with Gasteiger partial charge < -0.3 is 4.90 Å². The molecule has 0 aliphatic heterocycles. The molecule has 0 radical (unpaired) electrons. The maximum Gasteiger partial charge on any atom is 0.416 e. The van der Waals surface area contributed by atoms with Crippen LogP contribution in [-0.4, -0.2) is 26.8 Å². The largest absolute Gasteiger partial charge is 0.416 e. The van der Waals surface area contributed by atoms with Gasteiger partial charge in [0.15, 0.2) is 5.65 Å². The molecule has 2 heterocycles. The highest BCUT2D eigenvalue weighted by Crippen LogP contribution is 2.33. The standard InChI is InChI=1S/C15H14F3N5/c1-22(8-10-5-3-4-6-12(10)15(16,17)18)13-11-7-21-23(2)14(11)20-9-19-13/h3-7,9H,8H2,1-2H3. The van der Waals surface area contributed by atoms with Crippen LogP contribution in [0.3, 0.4) is 0 Å². The van der Waals surface area contributed by atoms with Crippen molar-refractivity contribution in [2.45, 2.75) is 12.7 Å². The Kier molecular flexibility index (Phi) is 3.67. The van der Waals surface area contributed by atoms with Gasteiger partial charge in [0.05, 0.1) is 17.1 Å². The molecule has 0 bridgehead atoms. The van der Waals surface area contributed by atoms with Gasteiger partial charge in [-0.2, -0.15) is 18.3 Å². The lowest BCUT2D eigenvalue weighted by Crippen LogP contribution is -2.21. The number of fused-ring (bicyclic) bond motifs is 1. The van der Waals surface area contributed by atoms with E-state index in [0.717, 1.165) is 6.07 Å². The maximum atomic E-state index is 13.1. The van der Waals surface area contributed by atoms with Crippen LogP contribution in [0.4, 0.5) is 19.0 Å². The number of anilines is 1. The Balaban J connectivity index is 1.98. The van der Waals surface area contributed by atoms with E-state index in [1.54, 1.807) is 35.9 Å². The summed E-state index contributed by atoms with van der Waals surface area (Å²) in [5.74, 6) is 0.542. The van der Waals surface area contributed by atoms with Crippen molar-refractivity contribution in [2.24, 2.45) is 7.05 Å². The smallest absolute Gasteiger partial charge is 0.355 e. The topological polar surface area (TPSA) is 46.8 Å². The van der Waals surface area contributed by atoms with Crippen LogP contribution in [0.25, 0.3) is 11.0 Å². The summed E-state index contributed by atoms with van der Waals surface area (Å²) in [7, 11) is 3.44. The Morgan fingerprint density at radius 1 is 1.17 bits per heavy atom. The van der Waals surface area contributed by atoms with Gasteiger partial charge in [-0.1, -0.05) is 18.2 Å². The van der Waals surface area contributed by atoms with E-state index < -0.39 is 11.7 Å². The molecule has 0 N–H and O–H groups in total. The zero-order chi connectivity index (χ0) is 16.6. The third-order valence-electron chi connectivity index (χ3n) is 3.60. The van der Waals surface area contributed by atoms with Crippen LogP contribution in [0, 0.1) is 0 Å². The van der Waals surface area contributed by atoms with Crippen molar-refractivity contribution in [3.05, 3.63) is 47.9 Å². The molecule has 0 saturated carbocycles. The van der Waals surface area contributed by atoms with Crippen LogP contribution in [0.2, 0.25) is 0 Å². The predicted octanol–water partition coefficient (Wildman–Crippen LogP) is 3.02. The second-order valence-electron chi connectivity index (χ2n) is 5.21. The summed E-state index contributed by atoms with van der Waals surface area (Å²) in [5.41, 5.74) is 0.187. The summed E-state index contributed by atoms with van der Waals surface area (Å²) in [6.07, 6.45) is -1.39. The van der Waals surface area contributed by atoms with Gasteiger partial charge in [-0.25, -0.2) is 9.97 Å². The summed E-state index contributed by atoms with van der Waals surface area (Å²) >= 11 is 0. The third-order valence-corrected chi connectivity index (χ3v) is 3.60. The summed E-state index contributed by atoms with van der Waals surface area (Å²) < 4.78 is 40.9. The summed E-state index contributed by atoms with van der Waals surface area (Å²) in [6.45, 7) is 0.0801. The molecular formula is C15H14F3N5. The summed E-state index contributed by atoms with van der Waals surface area (Å²) in [6, 6.07) is 5.54. The highest BCUT2D eigenvalue weighted by Gasteiger charge is 2.33. The second-order valence-corrected chi connectivity index (χ2v) is 5.21. The fraction of sp³-hybridized carbons (Fsp3) is 0.267. The SMILES string of the molecule is CN(Cc1ccccc1C(F)(F)F)c1ncnc2c1cnn2C.